The number of carbonyl (C=O) groups is 2. The molecule has 0 aliphatic heterocycles. The van der Waals surface area contributed by atoms with Crippen LogP contribution in [0.15, 0.2) is 85.5 Å². The second-order valence-corrected chi connectivity index (χ2v) is 16.4. The third-order valence-electron chi connectivity index (χ3n) is 10.6. The zero-order valence-electron chi connectivity index (χ0n) is 37.4. The summed E-state index contributed by atoms with van der Waals surface area (Å²) in [5.41, 5.74) is 9.09. The van der Waals surface area contributed by atoms with Crippen molar-refractivity contribution in [2.75, 3.05) is 13.1 Å². The smallest absolute Gasteiger partial charge is 0.303 e. The van der Waals surface area contributed by atoms with Crippen LogP contribution in [-0.2, 0) is 49.1 Å². The molecule has 6 aromatic rings. The van der Waals surface area contributed by atoms with Gasteiger partial charge in [0.2, 0.25) is 23.5 Å². The van der Waals surface area contributed by atoms with Gasteiger partial charge in [0.1, 0.15) is 48.6 Å². The van der Waals surface area contributed by atoms with E-state index in [0.29, 0.717) is 72.4 Å². The molecule has 0 atom stereocenters. The van der Waals surface area contributed by atoms with Crippen LogP contribution in [0.25, 0.3) is 11.1 Å². The van der Waals surface area contributed by atoms with Gasteiger partial charge in [0.05, 0.1) is 11.1 Å². The van der Waals surface area contributed by atoms with E-state index >= 15 is 0 Å². The highest BCUT2D eigenvalue weighted by molar-refractivity contribution is 6.32. The lowest BCUT2D eigenvalue weighted by Crippen LogP contribution is -2.17. The summed E-state index contributed by atoms with van der Waals surface area (Å²) in [7, 11) is 0. The standard InChI is InChI=1S/C50H48Cl2N8O8/c1-31-37(29-67-49-43(51)17-39(25-55-13-5-11-45(61)62)47(59-49)65-27-35-15-33(19-53)21-57-23-35)7-3-9-41(31)42-10-4-8-38(32(42)2)30-68-50-44(52)18-40(26-56-14-6-12-46(63)64)48(60-50)66-28-36-16-34(20-54)22-58-24-36/h3-4,7-10,15-18,21-24,55-56H,5-6,11-14,25-30H2,1-2H3,(H,61,62)(H,63,64). The van der Waals surface area contributed by atoms with Gasteiger partial charge in [-0.25, -0.2) is 0 Å². The Balaban J connectivity index is 1.17. The van der Waals surface area contributed by atoms with E-state index in [1.165, 1.54) is 12.4 Å². The fourth-order valence-electron chi connectivity index (χ4n) is 6.98. The summed E-state index contributed by atoms with van der Waals surface area (Å²) < 4.78 is 24.8. The number of hydrogen-bond acceptors (Lipinski definition) is 14. The summed E-state index contributed by atoms with van der Waals surface area (Å²) in [6.45, 7) is 5.99. The Morgan fingerprint density at radius 3 is 1.40 bits per heavy atom. The first-order valence-electron chi connectivity index (χ1n) is 21.5. The van der Waals surface area contributed by atoms with E-state index in [9.17, 15) is 20.1 Å². The molecule has 350 valence electrons. The average molecular weight is 960 g/mol. The monoisotopic (exact) mass is 958 g/mol. The fourth-order valence-corrected chi connectivity index (χ4v) is 7.44. The molecule has 0 fully saturated rings. The van der Waals surface area contributed by atoms with Crippen LogP contribution >= 0.6 is 23.2 Å². The van der Waals surface area contributed by atoms with Gasteiger partial charge in [-0.05, 0) is 97.4 Å². The quantitative estimate of drug-likeness (QED) is 0.0392. The van der Waals surface area contributed by atoms with Gasteiger partial charge in [0.25, 0.3) is 0 Å². The summed E-state index contributed by atoms with van der Waals surface area (Å²) in [6.07, 6.45) is 7.08. The largest absolute Gasteiger partial charge is 0.481 e. The minimum absolute atomic E-state index is 0.0346. The Hall–Kier alpha value is -7.34. The molecule has 0 spiro atoms. The predicted molar refractivity (Wildman–Crippen MR) is 252 cm³/mol. The van der Waals surface area contributed by atoms with Gasteiger partial charge in [0, 0.05) is 73.0 Å². The summed E-state index contributed by atoms with van der Waals surface area (Å²) in [5, 5.41) is 43.7. The van der Waals surface area contributed by atoms with E-state index < -0.39 is 11.9 Å². The number of nitrogens with zero attached hydrogens (tertiary/aromatic N) is 6. The van der Waals surface area contributed by atoms with Crippen molar-refractivity contribution in [2.45, 2.75) is 79.0 Å². The molecule has 0 radical (unpaired) electrons. The van der Waals surface area contributed by atoms with Crippen molar-refractivity contribution in [3.63, 3.8) is 0 Å². The molecule has 0 aliphatic carbocycles. The second kappa shape index (κ2) is 25.0. The zero-order valence-corrected chi connectivity index (χ0v) is 38.9. The first-order chi connectivity index (χ1) is 32.9. The van der Waals surface area contributed by atoms with Crippen molar-refractivity contribution < 1.29 is 38.7 Å². The number of halogens is 2. The van der Waals surface area contributed by atoms with Crippen LogP contribution in [0.5, 0.6) is 23.5 Å². The number of aliphatic carboxylic acids is 2. The molecule has 2 aromatic carbocycles. The molecule has 0 aliphatic rings. The van der Waals surface area contributed by atoms with Crippen molar-refractivity contribution in [1.82, 2.24) is 30.6 Å². The summed E-state index contributed by atoms with van der Waals surface area (Å²) in [5.74, 6) is -0.905. The highest BCUT2D eigenvalue weighted by Crippen LogP contribution is 2.35. The zero-order chi connectivity index (χ0) is 48.4. The summed E-state index contributed by atoms with van der Waals surface area (Å²) in [4.78, 5) is 39.5. The lowest BCUT2D eigenvalue weighted by atomic mass is 9.92. The van der Waals surface area contributed by atoms with Gasteiger partial charge in [-0.3, -0.25) is 19.6 Å². The Kier molecular flexibility index (Phi) is 18.4. The van der Waals surface area contributed by atoms with E-state index in [1.807, 2.05) is 50.2 Å². The number of carboxylic acid groups (broad SMARTS) is 2. The van der Waals surface area contributed by atoms with Crippen LogP contribution in [0.2, 0.25) is 10.0 Å². The average Bonchev–Trinajstić information content (AvgIpc) is 3.33. The Morgan fingerprint density at radius 1 is 0.588 bits per heavy atom. The molecule has 4 aromatic heterocycles. The molecule has 0 amide bonds. The van der Waals surface area contributed by atoms with Crippen LogP contribution in [0.3, 0.4) is 0 Å². The number of nitriles is 2. The van der Waals surface area contributed by atoms with Gasteiger partial charge < -0.3 is 39.8 Å². The minimum Gasteiger partial charge on any atom is -0.481 e. The topological polar surface area (TPSA) is 235 Å². The Bertz CT molecular complexity index is 2640. The fraction of sp³-hybridized carbons (Fsp3) is 0.280. The molecule has 68 heavy (non-hydrogen) atoms. The first-order valence-corrected chi connectivity index (χ1v) is 22.3. The highest BCUT2D eigenvalue weighted by Gasteiger charge is 2.19. The number of pyridine rings is 4. The van der Waals surface area contributed by atoms with Gasteiger partial charge in [-0.1, -0.05) is 59.6 Å². The van der Waals surface area contributed by atoms with Gasteiger partial charge in [0.15, 0.2) is 0 Å². The molecule has 18 heteroatoms. The van der Waals surface area contributed by atoms with E-state index in [-0.39, 0.29) is 72.8 Å². The highest BCUT2D eigenvalue weighted by atomic mass is 35.5. The number of carboxylic acids is 2. The van der Waals surface area contributed by atoms with Gasteiger partial charge in [-0.15, -0.1) is 0 Å². The number of hydrogen-bond donors (Lipinski definition) is 4. The lowest BCUT2D eigenvalue weighted by molar-refractivity contribution is -0.138. The van der Waals surface area contributed by atoms with Crippen LogP contribution < -0.4 is 29.6 Å². The molecular weight excluding hydrogens is 912 g/mol. The normalized spacial score (nSPS) is 10.8. The van der Waals surface area contributed by atoms with Crippen LogP contribution in [0, 0.1) is 36.5 Å². The summed E-state index contributed by atoms with van der Waals surface area (Å²) >= 11 is 13.5. The van der Waals surface area contributed by atoms with Crippen molar-refractivity contribution in [3.8, 4) is 46.8 Å². The molecule has 0 saturated heterocycles. The maximum atomic E-state index is 11.0. The van der Waals surface area contributed by atoms with Crippen molar-refractivity contribution in [1.29, 1.82) is 10.5 Å². The first kappa shape index (κ1) is 50.1. The maximum absolute atomic E-state index is 11.0. The number of ether oxygens (including phenoxy) is 4. The van der Waals surface area contributed by atoms with E-state index in [2.05, 4.69) is 42.7 Å². The molecule has 16 nitrogen and oxygen atoms in total. The number of nitrogens with one attached hydrogen (secondary N) is 2. The van der Waals surface area contributed by atoms with E-state index in [0.717, 1.165) is 33.4 Å². The van der Waals surface area contributed by atoms with Crippen molar-refractivity contribution in [3.05, 3.63) is 151 Å². The molecular formula is C50H48Cl2N8O8. The Morgan fingerprint density at radius 2 is 1.00 bits per heavy atom. The van der Waals surface area contributed by atoms with Crippen LogP contribution in [0.1, 0.15) is 81.3 Å². The Labute approximate surface area is 403 Å². The predicted octanol–water partition coefficient (Wildman–Crippen LogP) is 8.83. The van der Waals surface area contributed by atoms with Crippen molar-refractivity contribution in [2.24, 2.45) is 0 Å². The lowest BCUT2D eigenvalue weighted by Gasteiger charge is -2.18. The van der Waals surface area contributed by atoms with Crippen LogP contribution in [-0.4, -0.2) is 55.2 Å². The number of aromatic nitrogens is 4. The molecule has 6 rings (SSSR count). The molecule has 4 heterocycles. The third-order valence-corrected chi connectivity index (χ3v) is 11.1. The SMILES string of the molecule is Cc1c(COc2nc(OCc3cncc(C#N)c3)c(CNCCCC(=O)O)cc2Cl)cccc1-c1cccc(COc2nc(OCc3cncc(C#N)c3)c(CNCCCC(=O)O)cc2Cl)c1C. The van der Waals surface area contributed by atoms with Gasteiger partial charge >= 0.3 is 11.9 Å². The molecule has 0 bridgehead atoms. The minimum atomic E-state index is -0.871. The van der Waals surface area contributed by atoms with Crippen LogP contribution in [0.4, 0.5) is 0 Å². The second-order valence-electron chi connectivity index (χ2n) is 15.5. The summed E-state index contributed by atoms with van der Waals surface area (Å²) in [6, 6.07) is 22.8. The number of benzene rings is 2. The van der Waals surface area contributed by atoms with Crippen molar-refractivity contribution >= 4 is 35.1 Å². The number of rotatable bonds is 25. The third kappa shape index (κ3) is 14.3. The molecule has 4 N–H and O–H groups in total. The van der Waals surface area contributed by atoms with E-state index in [1.54, 1.807) is 36.7 Å². The maximum Gasteiger partial charge on any atom is 0.303 e. The van der Waals surface area contributed by atoms with Gasteiger partial charge in [-0.2, -0.15) is 20.5 Å². The van der Waals surface area contributed by atoms with E-state index in [4.69, 9.17) is 52.4 Å². The molecule has 0 saturated carbocycles. The molecule has 0 unspecified atom stereocenters.